The first kappa shape index (κ1) is 16.6. The molecular formula is C20H25N7. The Morgan fingerprint density at radius 3 is 2.81 bits per heavy atom. The molecule has 7 nitrogen and oxygen atoms in total. The van der Waals surface area contributed by atoms with Crippen LogP contribution in [0.5, 0.6) is 0 Å². The zero-order valence-corrected chi connectivity index (χ0v) is 15.6. The van der Waals surface area contributed by atoms with Crippen molar-refractivity contribution in [3.05, 3.63) is 30.2 Å². The third kappa shape index (κ3) is 2.68. The molecule has 2 aliphatic rings. The number of hydrogen-bond acceptors (Lipinski definition) is 6. The van der Waals surface area contributed by atoms with Crippen LogP contribution in [0.4, 0.5) is 5.82 Å². The summed E-state index contributed by atoms with van der Waals surface area (Å²) in [6.07, 6.45) is 9.69. The Morgan fingerprint density at radius 1 is 1.22 bits per heavy atom. The summed E-state index contributed by atoms with van der Waals surface area (Å²) in [6, 6.07) is 4.32. The monoisotopic (exact) mass is 363 g/mol. The van der Waals surface area contributed by atoms with Crippen LogP contribution in [0.3, 0.4) is 0 Å². The summed E-state index contributed by atoms with van der Waals surface area (Å²) in [5.41, 5.74) is 11.0. The number of pyridine rings is 1. The normalized spacial score (nSPS) is 22.0. The highest BCUT2D eigenvalue weighted by Crippen LogP contribution is 2.45. The van der Waals surface area contributed by atoms with Crippen molar-refractivity contribution in [1.29, 1.82) is 0 Å². The number of rotatable bonds is 2. The Morgan fingerprint density at radius 2 is 2.07 bits per heavy atom. The number of nitrogens with zero attached hydrogens (tertiary/aromatic N) is 5. The SMILES string of the molecule is Cc1ncccc1-c1[nH]nc2nc(N3CCC4(CCC[C@H]4N)CC3)cnc12. The highest BCUT2D eigenvalue weighted by molar-refractivity contribution is 5.88. The van der Waals surface area contributed by atoms with Crippen molar-refractivity contribution in [3.63, 3.8) is 0 Å². The lowest BCUT2D eigenvalue weighted by Crippen LogP contribution is -2.47. The van der Waals surface area contributed by atoms with Crippen LogP contribution < -0.4 is 10.6 Å². The maximum Gasteiger partial charge on any atom is 0.202 e. The van der Waals surface area contributed by atoms with Crippen molar-refractivity contribution < 1.29 is 0 Å². The number of piperidine rings is 1. The molecule has 1 saturated carbocycles. The average Bonchev–Trinajstić information content (AvgIpc) is 3.26. The molecule has 1 saturated heterocycles. The fraction of sp³-hybridized carbons (Fsp3) is 0.500. The van der Waals surface area contributed by atoms with Gasteiger partial charge in [0, 0.05) is 36.6 Å². The van der Waals surface area contributed by atoms with Gasteiger partial charge in [0.2, 0.25) is 5.65 Å². The van der Waals surface area contributed by atoms with E-state index in [0.717, 1.165) is 54.2 Å². The Kier molecular flexibility index (Phi) is 3.86. The molecule has 3 N–H and O–H groups in total. The Balaban J connectivity index is 1.41. The minimum Gasteiger partial charge on any atom is -0.355 e. The van der Waals surface area contributed by atoms with E-state index in [1.54, 1.807) is 6.20 Å². The molecule has 0 unspecified atom stereocenters. The number of H-pyrrole nitrogens is 1. The van der Waals surface area contributed by atoms with E-state index < -0.39 is 0 Å². The lowest BCUT2D eigenvalue weighted by Gasteiger charge is -2.42. The molecule has 1 aliphatic carbocycles. The molecule has 1 atom stereocenters. The van der Waals surface area contributed by atoms with E-state index in [9.17, 15) is 0 Å². The Hall–Kier alpha value is -2.54. The van der Waals surface area contributed by atoms with Crippen LogP contribution in [0.2, 0.25) is 0 Å². The fourth-order valence-electron chi connectivity index (χ4n) is 4.84. The van der Waals surface area contributed by atoms with Crippen LogP contribution in [0.1, 0.15) is 37.8 Å². The van der Waals surface area contributed by atoms with Gasteiger partial charge in [-0.15, -0.1) is 0 Å². The predicted octanol–water partition coefficient (Wildman–Crippen LogP) is 2.82. The third-order valence-electron chi connectivity index (χ3n) is 6.59. The highest BCUT2D eigenvalue weighted by Gasteiger charge is 2.43. The molecule has 2 fully saturated rings. The summed E-state index contributed by atoms with van der Waals surface area (Å²) in [4.78, 5) is 16.2. The van der Waals surface area contributed by atoms with Gasteiger partial charge in [0.1, 0.15) is 11.3 Å². The number of nitrogens with one attached hydrogen (secondary N) is 1. The standard InChI is InChI=1S/C20H25N7/c1-13-14(4-3-9-22-13)17-18-19(26-25-17)24-16(12-23-18)27-10-7-20(8-11-27)6-2-5-15(20)21/h3-4,9,12,15H,2,5-8,10-11,21H2,1H3,(H,24,25,26)/t15-/m1/s1. The number of aryl methyl sites for hydroxylation is 1. The van der Waals surface area contributed by atoms with Gasteiger partial charge in [-0.1, -0.05) is 6.42 Å². The van der Waals surface area contributed by atoms with Crippen LogP contribution in [0, 0.1) is 12.3 Å². The second kappa shape index (κ2) is 6.27. The first-order valence-corrected chi connectivity index (χ1v) is 9.80. The molecule has 3 aromatic rings. The summed E-state index contributed by atoms with van der Waals surface area (Å²) in [5.74, 6) is 0.907. The number of hydrogen-bond donors (Lipinski definition) is 2. The van der Waals surface area contributed by atoms with E-state index in [-0.39, 0.29) is 0 Å². The van der Waals surface area contributed by atoms with Crippen LogP contribution in [0.15, 0.2) is 24.5 Å². The molecule has 0 amide bonds. The van der Waals surface area contributed by atoms with E-state index >= 15 is 0 Å². The number of aromatic nitrogens is 5. The quantitative estimate of drug-likeness (QED) is 0.727. The maximum atomic E-state index is 6.41. The van der Waals surface area contributed by atoms with Crippen molar-refractivity contribution in [2.45, 2.75) is 45.1 Å². The zero-order valence-electron chi connectivity index (χ0n) is 15.6. The highest BCUT2D eigenvalue weighted by atomic mass is 15.2. The molecule has 0 aromatic carbocycles. The van der Waals surface area contributed by atoms with Crippen molar-refractivity contribution >= 4 is 17.0 Å². The molecule has 1 aliphatic heterocycles. The number of nitrogens with two attached hydrogens (primary N) is 1. The van der Waals surface area contributed by atoms with Gasteiger partial charge in [-0.25, -0.2) is 9.97 Å². The molecule has 27 heavy (non-hydrogen) atoms. The number of aromatic amines is 1. The summed E-state index contributed by atoms with van der Waals surface area (Å²) in [6.45, 7) is 3.97. The smallest absolute Gasteiger partial charge is 0.202 e. The van der Waals surface area contributed by atoms with Crippen molar-refractivity contribution in [2.75, 3.05) is 18.0 Å². The van der Waals surface area contributed by atoms with Gasteiger partial charge in [0.15, 0.2) is 0 Å². The van der Waals surface area contributed by atoms with Crippen LogP contribution in [-0.4, -0.2) is 44.3 Å². The minimum atomic E-state index is 0.353. The van der Waals surface area contributed by atoms with Crippen LogP contribution >= 0.6 is 0 Å². The van der Waals surface area contributed by atoms with E-state index in [4.69, 9.17) is 10.7 Å². The minimum absolute atomic E-state index is 0.353. The van der Waals surface area contributed by atoms with Gasteiger partial charge in [-0.3, -0.25) is 10.1 Å². The van der Waals surface area contributed by atoms with Gasteiger partial charge in [0.05, 0.1) is 11.9 Å². The van der Waals surface area contributed by atoms with Crippen molar-refractivity contribution in [1.82, 2.24) is 25.1 Å². The fourth-order valence-corrected chi connectivity index (χ4v) is 4.84. The Bertz CT molecular complexity index is 971. The topological polar surface area (TPSA) is 96.6 Å². The van der Waals surface area contributed by atoms with Gasteiger partial charge in [-0.05, 0) is 50.2 Å². The first-order valence-electron chi connectivity index (χ1n) is 9.80. The van der Waals surface area contributed by atoms with Gasteiger partial charge in [-0.2, -0.15) is 5.10 Å². The molecule has 3 aromatic heterocycles. The lowest BCUT2D eigenvalue weighted by atomic mass is 9.74. The van der Waals surface area contributed by atoms with E-state index in [0.29, 0.717) is 17.1 Å². The number of anilines is 1. The summed E-state index contributed by atoms with van der Waals surface area (Å²) < 4.78 is 0. The lowest BCUT2D eigenvalue weighted by molar-refractivity contribution is 0.197. The molecule has 140 valence electrons. The number of fused-ring (bicyclic) bond motifs is 1. The molecule has 0 radical (unpaired) electrons. The van der Waals surface area contributed by atoms with Gasteiger partial charge in [0.25, 0.3) is 0 Å². The molecule has 5 rings (SSSR count). The van der Waals surface area contributed by atoms with E-state index in [1.165, 1.54) is 19.3 Å². The summed E-state index contributed by atoms with van der Waals surface area (Å²) in [5, 5.41) is 7.50. The summed E-state index contributed by atoms with van der Waals surface area (Å²) in [7, 11) is 0. The van der Waals surface area contributed by atoms with Gasteiger partial charge >= 0.3 is 0 Å². The Labute approximate surface area is 158 Å². The second-order valence-electron chi connectivity index (χ2n) is 7.98. The molecule has 0 bridgehead atoms. The van der Waals surface area contributed by atoms with E-state index in [2.05, 4.69) is 25.1 Å². The van der Waals surface area contributed by atoms with Crippen LogP contribution in [0.25, 0.3) is 22.4 Å². The third-order valence-corrected chi connectivity index (χ3v) is 6.59. The second-order valence-corrected chi connectivity index (χ2v) is 7.98. The maximum absolute atomic E-state index is 6.41. The first-order chi connectivity index (χ1) is 13.2. The van der Waals surface area contributed by atoms with Crippen molar-refractivity contribution in [2.24, 2.45) is 11.1 Å². The van der Waals surface area contributed by atoms with Crippen molar-refractivity contribution in [3.8, 4) is 11.3 Å². The zero-order chi connectivity index (χ0) is 18.4. The predicted molar refractivity (Wildman–Crippen MR) is 105 cm³/mol. The molecule has 4 heterocycles. The van der Waals surface area contributed by atoms with Gasteiger partial charge < -0.3 is 10.6 Å². The molecule has 1 spiro atoms. The summed E-state index contributed by atoms with van der Waals surface area (Å²) >= 11 is 0. The van der Waals surface area contributed by atoms with Crippen LogP contribution in [-0.2, 0) is 0 Å². The molecule has 7 heteroatoms. The average molecular weight is 363 g/mol. The largest absolute Gasteiger partial charge is 0.355 e. The van der Waals surface area contributed by atoms with E-state index in [1.807, 2.05) is 25.3 Å². The molecular weight excluding hydrogens is 338 g/mol.